The Balaban J connectivity index is 1.52. The number of nitrogens with zero attached hydrogens (tertiary/aromatic N) is 1. The maximum atomic E-state index is 12.5. The van der Waals surface area contributed by atoms with Gasteiger partial charge in [-0.1, -0.05) is 30.3 Å². The van der Waals surface area contributed by atoms with Crippen molar-refractivity contribution in [3.05, 3.63) is 65.1 Å². The number of furan rings is 1. The fourth-order valence-corrected chi connectivity index (χ4v) is 3.78. The van der Waals surface area contributed by atoms with Crippen molar-refractivity contribution >= 4 is 17.2 Å². The van der Waals surface area contributed by atoms with Crippen molar-refractivity contribution in [2.45, 2.75) is 25.3 Å². The summed E-state index contributed by atoms with van der Waals surface area (Å²) in [4.78, 5) is 17.5. The number of fused-ring (bicyclic) bond motifs is 1. The van der Waals surface area contributed by atoms with E-state index in [0.29, 0.717) is 4.88 Å². The summed E-state index contributed by atoms with van der Waals surface area (Å²) in [7, 11) is 0. The van der Waals surface area contributed by atoms with Crippen LogP contribution in [-0.2, 0) is 6.42 Å². The molecule has 1 aliphatic rings. The summed E-state index contributed by atoms with van der Waals surface area (Å²) in [6, 6.07) is 11.9. The van der Waals surface area contributed by atoms with Crippen LogP contribution in [0, 0.1) is 0 Å². The normalized spacial score (nSPS) is 16.8. The number of hydrogen-bond donors (Lipinski definition) is 1. The molecule has 1 unspecified atom stereocenters. The number of nitrogens with one attached hydrogen (secondary N) is 1. The van der Waals surface area contributed by atoms with Gasteiger partial charge in [0.2, 0.25) is 0 Å². The average molecular weight is 324 g/mol. The van der Waals surface area contributed by atoms with Gasteiger partial charge in [0.15, 0.2) is 0 Å². The molecule has 0 radical (unpaired) electrons. The Labute approximate surface area is 138 Å². The molecule has 0 spiro atoms. The van der Waals surface area contributed by atoms with E-state index in [0.717, 1.165) is 41.2 Å². The molecule has 1 aromatic carbocycles. The van der Waals surface area contributed by atoms with Crippen LogP contribution in [0.25, 0.3) is 10.6 Å². The van der Waals surface area contributed by atoms with Gasteiger partial charge in [-0.25, -0.2) is 4.98 Å². The van der Waals surface area contributed by atoms with Crippen LogP contribution in [0.15, 0.2) is 53.3 Å². The number of hydrogen-bond acceptors (Lipinski definition) is 4. The fraction of sp³-hybridized carbons (Fsp3) is 0.222. The highest BCUT2D eigenvalue weighted by Gasteiger charge is 2.25. The average Bonchev–Trinajstić information content (AvgIpc) is 3.25. The van der Waals surface area contributed by atoms with Gasteiger partial charge in [-0.3, -0.25) is 4.79 Å². The van der Waals surface area contributed by atoms with Crippen molar-refractivity contribution < 1.29 is 9.21 Å². The Kier molecular flexibility index (Phi) is 3.71. The number of amides is 1. The first-order valence-corrected chi connectivity index (χ1v) is 8.51. The zero-order chi connectivity index (χ0) is 15.6. The predicted octanol–water partition coefficient (Wildman–Crippen LogP) is 4.21. The van der Waals surface area contributed by atoms with E-state index in [2.05, 4.69) is 10.3 Å². The molecule has 1 aliphatic carbocycles. The molecular weight excluding hydrogens is 308 g/mol. The van der Waals surface area contributed by atoms with Crippen molar-refractivity contribution in [3.8, 4) is 10.6 Å². The highest BCUT2D eigenvalue weighted by Crippen LogP contribution is 2.31. The molecule has 116 valence electrons. The number of thiazole rings is 1. The van der Waals surface area contributed by atoms with E-state index in [1.165, 1.54) is 11.3 Å². The molecule has 1 atom stereocenters. The number of carbonyl (C=O) groups is 1. The largest absolute Gasteiger partial charge is 0.469 e. The Hall–Kier alpha value is -2.40. The van der Waals surface area contributed by atoms with Crippen LogP contribution >= 0.6 is 11.3 Å². The predicted molar refractivity (Wildman–Crippen MR) is 89.4 cm³/mol. The Bertz CT molecular complexity index is 822. The second-order valence-electron chi connectivity index (χ2n) is 5.61. The maximum absolute atomic E-state index is 12.5. The number of aromatic nitrogens is 1. The van der Waals surface area contributed by atoms with Crippen molar-refractivity contribution in [1.82, 2.24) is 10.3 Å². The summed E-state index contributed by atoms with van der Waals surface area (Å²) in [6.45, 7) is 0. The monoisotopic (exact) mass is 324 g/mol. The van der Waals surface area contributed by atoms with E-state index < -0.39 is 0 Å². The summed E-state index contributed by atoms with van der Waals surface area (Å²) in [5.74, 6) is 0.930. The minimum Gasteiger partial charge on any atom is -0.469 e. The Morgan fingerprint density at radius 2 is 2.13 bits per heavy atom. The zero-order valence-corrected chi connectivity index (χ0v) is 13.3. The van der Waals surface area contributed by atoms with E-state index >= 15 is 0 Å². The van der Waals surface area contributed by atoms with Crippen LogP contribution in [0.2, 0.25) is 0 Å². The van der Waals surface area contributed by atoms with Crippen molar-refractivity contribution in [1.29, 1.82) is 0 Å². The van der Waals surface area contributed by atoms with Crippen LogP contribution in [0.5, 0.6) is 0 Å². The summed E-state index contributed by atoms with van der Waals surface area (Å²) in [5.41, 5.74) is 2.14. The van der Waals surface area contributed by atoms with Gasteiger partial charge in [-0.15, -0.1) is 11.3 Å². The van der Waals surface area contributed by atoms with Crippen LogP contribution in [-0.4, -0.2) is 10.9 Å². The lowest BCUT2D eigenvalue weighted by Crippen LogP contribution is -2.29. The van der Waals surface area contributed by atoms with Gasteiger partial charge in [0.05, 0.1) is 18.5 Å². The summed E-state index contributed by atoms with van der Waals surface area (Å²) < 4.78 is 5.47. The number of rotatable bonds is 3. The third kappa shape index (κ3) is 2.80. The molecule has 5 heteroatoms. The molecule has 1 amide bonds. The molecule has 1 N–H and O–H groups in total. The van der Waals surface area contributed by atoms with Gasteiger partial charge in [-0.2, -0.15) is 0 Å². The second kappa shape index (κ2) is 6.01. The van der Waals surface area contributed by atoms with Gasteiger partial charge < -0.3 is 9.73 Å². The van der Waals surface area contributed by atoms with Gasteiger partial charge in [0, 0.05) is 17.5 Å². The molecule has 3 aromatic rings. The fourth-order valence-electron chi connectivity index (χ4n) is 2.96. The van der Waals surface area contributed by atoms with E-state index in [4.69, 9.17) is 4.42 Å². The van der Waals surface area contributed by atoms with Gasteiger partial charge in [0.1, 0.15) is 15.6 Å². The zero-order valence-electron chi connectivity index (χ0n) is 12.5. The molecule has 0 saturated heterocycles. The van der Waals surface area contributed by atoms with Crippen molar-refractivity contribution in [3.63, 3.8) is 0 Å². The smallest absolute Gasteiger partial charge is 0.263 e. The lowest BCUT2D eigenvalue weighted by molar-refractivity contribution is 0.0936. The van der Waals surface area contributed by atoms with E-state index in [1.807, 2.05) is 36.4 Å². The number of benzene rings is 1. The number of carbonyl (C=O) groups excluding carboxylic acids is 1. The third-order valence-corrected chi connectivity index (χ3v) is 5.15. The first-order chi connectivity index (χ1) is 11.3. The van der Waals surface area contributed by atoms with Crippen molar-refractivity contribution in [2.75, 3.05) is 0 Å². The highest BCUT2D eigenvalue weighted by atomic mass is 32.1. The van der Waals surface area contributed by atoms with E-state index in [1.54, 1.807) is 12.5 Å². The van der Waals surface area contributed by atoms with Crippen LogP contribution in [0.4, 0.5) is 0 Å². The molecular formula is C18H16N2O2S. The molecule has 2 aromatic heterocycles. The van der Waals surface area contributed by atoms with E-state index in [9.17, 15) is 4.79 Å². The molecule has 0 fully saturated rings. The quantitative estimate of drug-likeness (QED) is 0.785. The first kappa shape index (κ1) is 14.2. The first-order valence-electron chi connectivity index (χ1n) is 7.69. The van der Waals surface area contributed by atoms with E-state index in [-0.39, 0.29) is 11.9 Å². The van der Waals surface area contributed by atoms with Crippen LogP contribution in [0.1, 0.15) is 39.9 Å². The highest BCUT2D eigenvalue weighted by molar-refractivity contribution is 7.16. The second-order valence-corrected chi connectivity index (χ2v) is 6.64. The van der Waals surface area contributed by atoms with Crippen molar-refractivity contribution in [2.24, 2.45) is 0 Å². The van der Waals surface area contributed by atoms with Gasteiger partial charge >= 0.3 is 0 Å². The lowest BCUT2D eigenvalue weighted by atomic mass is 9.93. The minimum absolute atomic E-state index is 0.0345. The Morgan fingerprint density at radius 1 is 1.26 bits per heavy atom. The molecule has 0 aliphatic heterocycles. The topological polar surface area (TPSA) is 55.1 Å². The minimum atomic E-state index is -0.0660. The SMILES string of the molecule is O=C(NC1CCCc2occc21)c1cnc(-c2ccccc2)s1. The summed E-state index contributed by atoms with van der Waals surface area (Å²) in [5, 5.41) is 3.98. The summed E-state index contributed by atoms with van der Waals surface area (Å²) >= 11 is 1.42. The molecule has 4 nitrogen and oxygen atoms in total. The maximum Gasteiger partial charge on any atom is 0.263 e. The standard InChI is InChI=1S/C18H16N2O2S/c21-17(20-14-7-4-8-15-13(14)9-10-22-15)16-11-19-18(23-16)12-5-2-1-3-6-12/h1-3,5-6,9-11,14H,4,7-8H2,(H,20,21). The molecule has 0 bridgehead atoms. The number of aryl methyl sites for hydroxylation is 1. The lowest BCUT2D eigenvalue weighted by Gasteiger charge is -2.22. The third-order valence-electron chi connectivity index (χ3n) is 4.11. The molecule has 2 heterocycles. The van der Waals surface area contributed by atoms with Crippen LogP contribution < -0.4 is 5.32 Å². The molecule has 0 saturated carbocycles. The van der Waals surface area contributed by atoms with Gasteiger partial charge in [0.25, 0.3) is 5.91 Å². The molecule has 23 heavy (non-hydrogen) atoms. The van der Waals surface area contributed by atoms with Crippen LogP contribution in [0.3, 0.4) is 0 Å². The van der Waals surface area contributed by atoms with Gasteiger partial charge in [-0.05, 0) is 18.9 Å². The Morgan fingerprint density at radius 3 is 3.00 bits per heavy atom. The summed E-state index contributed by atoms with van der Waals surface area (Å²) in [6.07, 6.45) is 6.29. The molecule has 4 rings (SSSR count).